The lowest BCUT2D eigenvalue weighted by molar-refractivity contribution is 0.0979. The summed E-state index contributed by atoms with van der Waals surface area (Å²) in [5.74, 6) is -0.333. The van der Waals surface area contributed by atoms with Crippen LogP contribution in [-0.2, 0) is 0 Å². The standard InChI is InChI=1S/C12H15FO2/c1-3-4-5-11(14)9-6-7-12(15-2)10(13)8-9/h6-8H,3-5H2,1-2H3. The Morgan fingerprint density at radius 3 is 2.73 bits per heavy atom. The first-order valence-electron chi connectivity index (χ1n) is 5.05. The number of methoxy groups -OCH3 is 1. The minimum Gasteiger partial charge on any atom is -0.494 e. The number of unbranched alkanes of at least 4 members (excludes halogenated alkanes) is 1. The maximum absolute atomic E-state index is 13.3. The smallest absolute Gasteiger partial charge is 0.165 e. The quantitative estimate of drug-likeness (QED) is 0.697. The zero-order valence-electron chi connectivity index (χ0n) is 9.05. The molecule has 0 radical (unpaired) electrons. The fourth-order valence-electron chi connectivity index (χ4n) is 1.32. The minimum atomic E-state index is -0.486. The molecule has 1 rings (SSSR count). The van der Waals surface area contributed by atoms with Gasteiger partial charge >= 0.3 is 0 Å². The molecule has 0 fully saturated rings. The molecule has 0 aliphatic heterocycles. The van der Waals surface area contributed by atoms with Crippen molar-refractivity contribution in [3.8, 4) is 5.75 Å². The molecule has 0 heterocycles. The molecule has 82 valence electrons. The maximum atomic E-state index is 13.3. The second-order valence-corrected chi connectivity index (χ2v) is 3.38. The monoisotopic (exact) mass is 210 g/mol. The molecule has 3 heteroatoms. The molecule has 1 aromatic rings. The van der Waals surface area contributed by atoms with Crippen LogP contribution >= 0.6 is 0 Å². The van der Waals surface area contributed by atoms with Crippen molar-refractivity contribution in [2.75, 3.05) is 7.11 Å². The summed E-state index contributed by atoms with van der Waals surface area (Å²) in [6, 6.07) is 4.31. The van der Waals surface area contributed by atoms with E-state index in [1.54, 1.807) is 6.07 Å². The fourth-order valence-corrected chi connectivity index (χ4v) is 1.32. The van der Waals surface area contributed by atoms with Gasteiger partial charge in [-0.3, -0.25) is 4.79 Å². The van der Waals surface area contributed by atoms with E-state index < -0.39 is 5.82 Å². The average molecular weight is 210 g/mol. The van der Waals surface area contributed by atoms with Gasteiger partial charge in [-0.25, -0.2) is 4.39 Å². The normalized spacial score (nSPS) is 10.1. The number of Topliss-reactive ketones (excluding diaryl/α,β-unsaturated/α-hetero) is 1. The molecule has 2 nitrogen and oxygen atoms in total. The predicted molar refractivity (Wildman–Crippen MR) is 56.8 cm³/mol. The first-order chi connectivity index (χ1) is 7.19. The minimum absolute atomic E-state index is 0.0154. The second-order valence-electron chi connectivity index (χ2n) is 3.38. The number of hydrogen-bond donors (Lipinski definition) is 0. The van der Waals surface area contributed by atoms with Crippen molar-refractivity contribution in [1.29, 1.82) is 0 Å². The van der Waals surface area contributed by atoms with Crippen LogP contribution in [0.15, 0.2) is 18.2 Å². The average Bonchev–Trinajstić information content (AvgIpc) is 2.25. The molecule has 0 saturated heterocycles. The lowest BCUT2D eigenvalue weighted by Gasteiger charge is -2.04. The van der Waals surface area contributed by atoms with Gasteiger partial charge in [0.1, 0.15) is 0 Å². The van der Waals surface area contributed by atoms with E-state index in [0.717, 1.165) is 12.8 Å². The number of hydrogen-bond acceptors (Lipinski definition) is 2. The van der Waals surface area contributed by atoms with Gasteiger partial charge in [0, 0.05) is 12.0 Å². The molecule has 0 amide bonds. The van der Waals surface area contributed by atoms with Crippen LogP contribution in [0.5, 0.6) is 5.75 Å². The Hall–Kier alpha value is -1.38. The van der Waals surface area contributed by atoms with Gasteiger partial charge < -0.3 is 4.74 Å². The van der Waals surface area contributed by atoms with E-state index in [2.05, 4.69) is 0 Å². The summed E-state index contributed by atoms with van der Waals surface area (Å²) in [5, 5.41) is 0. The summed E-state index contributed by atoms with van der Waals surface area (Å²) in [6.45, 7) is 2.02. The molecule has 0 spiro atoms. The summed E-state index contributed by atoms with van der Waals surface area (Å²) in [4.78, 5) is 11.5. The van der Waals surface area contributed by atoms with E-state index in [4.69, 9.17) is 4.74 Å². The zero-order valence-corrected chi connectivity index (χ0v) is 9.05. The highest BCUT2D eigenvalue weighted by Crippen LogP contribution is 2.18. The van der Waals surface area contributed by atoms with Crippen molar-refractivity contribution in [1.82, 2.24) is 0 Å². The molecule has 0 unspecified atom stereocenters. The van der Waals surface area contributed by atoms with Crippen LogP contribution in [0.25, 0.3) is 0 Å². The van der Waals surface area contributed by atoms with Crippen molar-refractivity contribution >= 4 is 5.78 Å². The molecular formula is C12H15FO2. The lowest BCUT2D eigenvalue weighted by atomic mass is 10.1. The molecule has 0 N–H and O–H groups in total. The Morgan fingerprint density at radius 1 is 1.47 bits per heavy atom. The maximum Gasteiger partial charge on any atom is 0.165 e. The van der Waals surface area contributed by atoms with Crippen LogP contribution in [0.4, 0.5) is 4.39 Å². The third-order valence-corrected chi connectivity index (χ3v) is 2.23. The van der Waals surface area contributed by atoms with Gasteiger partial charge in [-0.15, -0.1) is 0 Å². The molecule has 1 aromatic carbocycles. The Labute approximate surface area is 89.1 Å². The number of carbonyl (C=O) groups is 1. The van der Waals surface area contributed by atoms with E-state index in [0.29, 0.717) is 12.0 Å². The zero-order chi connectivity index (χ0) is 11.3. The summed E-state index contributed by atoms with van der Waals surface area (Å²) in [6.07, 6.45) is 2.28. The topological polar surface area (TPSA) is 26.3 Å². The molecule has 0 bridgehead atoms. The van der Waals surface area contributed by atoms with Gasteiger partial charge in [-0.05, 0) is 24.6 Å². The van der Waals surface area contributed by atoms with Crippen LogP contribution in [0.3, 0.4) is 0 Å². The molecule has 0 aliphatic rings. The Kier molecular flexibility index (Phi) is 4.28. The van der Waals surface area contributed by atoms with Gasteiger partial charge in [0.2, 0.25) is 0 Å². The van der Waals surface area contributed by atoms with Gasteiger partial charge in [-0.1, -0.05) is 13.3 Å². The Bertz CT molecular complexity index is 347. The van der Waals surface area contributed by atoms with Crippen molar-refractivity contribution in [2.45, 2.75) is 26.2 Å². The number of halogens is 1. The van der Waals surface area contributed by atoms with Gasteiger partial charge in [0.25, 0.3) is 0 Å². The molecule has 0 atom stereocenters. The van der Waals surface area contributed by atoms with E-state index in [1.807, 2.05) is 6.92 Å². The number of ketones is 1. The summed E-state index contributed by atoms with van der Waals surface area (Å²) in [7, 11) is 1.40. The van der Waals surface area contributed by atoms with Crippen molar-refractivity contribution in [3.05, 3.63) is 29.6 Å². The van der Waals surface area contributed by atoms with E-state index >= 15 is 0 Å². The molecule has 0 aliphatic carbocycles. The molecule has 0 aromatic heterocycles. The first-order valence-corrected chi connectivity index (χ1v) is 5.05. The number of benzene rings is 1. The SMILES string of the molecule is CCCCC(=O)c1ccc(OC)c(F)c1. The molecule has 0 saturated carbocycles. The lowest BCUT2D eigenvalue weighted by Crippen LogP contribution is -2.00. The molecular weight excluding hydrogens is 195 g/mol. The third kappa shape index (κ3) is 3.05. The second kappa shape index (κ2) is 5.49. The van der Waals surface area contributed by atoms with Gasteiger partial charge in [0.15, 0.2) is 17.3 Å². The third-order valence-electron chi connectivity index (χ3n) is 2.23. The van der Waals surface area contributed by atoms with Crippen LogP contribution in [0.1, 0.15) is 36.5 Å². The number of rotatable bonds is 5. The number of ether oxygens (including phenoxy) is 1. The van der Waals surface area contributed by atoms with Crippen LogP contribution in [0, 0.1) is 5.82 Å². The Morgan fingerprint density at radius 2 is 2.20 bits per heavy atom. The highest BCUT2D eigenvalue weighted by atomic mass is 19.1. The first kappa shape index (κ1) is 11.7. The van der Waals surface area contributed by atoms with Crippen molar-refractivity contribution in [3.63, 3.8) is 0 Å². The van der Waals surface area contributed by atoms with Crippen molar-refractivity contribution < 1.29 is 13.9 Å². The fraction of sp³-hybridized carbons (Fsp3) is 0.417. The van der Waals surface area contributed by atoms with E-state index in [9.17, 15) is 9.18 Å². The highest BCUT2D eigenvalue weighted by molar-refractivity contribution is 5.96. The van der Waals surface area contributed by atoms with E-state index in [1.165, 1.54) is 19.2 Å². The van der Waals surface area contributed by atoms with Crippen LogP contribution in [-0.4, -0.2) is 12.9 Å². The summed E-state index contributed by atoms with van der Waals surface area (Å²) < 4.78 is 18.0. The summed E-state index contributed by atoms with van der Waals surface area (Å²) >= 11 is 0. The van der Waals surface area contributed by atoms with Crippen LogP contribution in [0.2, 0.25) is 0 Å². The number of carbonyl (C=O) groups excluding carboxylic acids is 1. The van der Waals surface area contributed by atoms with Crippen LogP contribution < -0.4 is 4.74 Å². The van der Waals surface area contributed by atoms with E-state index in [-0.39, 0.29) is 11.5 Å². The predicted octanol–water partition coefficient (Wildman–Crippen LogP) is 3.21. The highest BCUT2D eigenvalue weighted by Gasteiger charge is 2.09. The van der Waals surface area contributed by atoms with Crippen molar-refractivity contribution in [2.24, 2.45) is 0 Å². The molecule has 15 heavy (non-hydrogen) atoms. The van der Waals surface area contributed by atoms with Gasteiger partial charge in [0.05, 0.1) is 7.11 Å². The Balaban J connectivity index is 2.78. The van der Waals surface area contributed by atoms with Gasteiger partial charge in [-0.2, -0.15) is 0 Å². The summed E-state index contributed by atoms with van der Waals surface area (Å²) in [5.41, 5.74) is 0.418. The largest absolute Gasteiger partial charge is 0.494 e.